The van der Waals surface area contributed by atoms with Gasteiger partial charge in [0.15, 0.2) is 0 Å². The molecule has 1 amide bonds. The molecule has 2 N–H and O–H groups in total. The van der Waals surface area contributed by atoms with Crippen LogP contribution in [0.4, 0.5) is 18.9 Å². The van der Waals surface area contributed by atoms with E-state index in [9.17, 15) is 18.0 Å². The predicted octanol–water partition coefficient (Wildman–Crippen LogP) is 6.01. The van der Waals surface area contributed by atoms with Crippen LogP contribution in [-0.2, 0) is 11.0 Å². The molecule has 1 unspecified atom stereocenters. The van der Waals surface area contributed by atoms with E-state index < -0.39 is 27.9 Å². The van der Waals surface area contributed by atoms with Gasteiger partial charge in [-0.1, -0.05) is 41.6 Å². The summed E-state index contributed by atoms with van der Waals surface area (Å²) in [5.41, 5.74) is 0.610. The van der Waals surface area contributed by atoms with Crippen molar-refractivity contribution >= 4 is 45.9 Å². The van der Waals surface area contributed by atoms with Gasteiger partial charge in [0, 0.05) is 22.8 Å². The largest absolute Gasteiger partial charge is 0.417 e. The fourth-order valence-corrected chi connectivity index (χ4v) is 3.79. The van der Waals surface area contributed by atoms with Crippen molar-refractivity contribution in [3.05, 3.63) is 59.2 Å². The van der Waals surface area contributed by atoms with E-state index in [1.165, 1.54) is 6.07 Å². The van der Waals surface area contributed by atoms with Crippen LogP contribution in [0.15, 0.2) is 58.3 Å². The molecule has 0 saturated carbocycles. The minimum Gasteiger partial charge on any atom is -0.411 e. The van der Waals surface area contributed by atoms with E-state index in [0.29, 0.717) is 5.89 Å². The van der Waals surface area contributed by atoms with Gasteiger partial charge in [-0.2, -0.15) is 13.2 Å². The number of carbonyl (C=O) groups is 1. The molecule has 11 heteroatoms. The van der Waals surface area contributed by atoms with Crippen LogP contribution in [0.3, 0.4) is 0 Å². The number of anilines is 1. The number of alkyl halides is 3. The Morgan fingerprint density at radius 3 is 2.77 bits per heavy atom. The van der Waals surface area contributed by atoms with E-state index in [2.05, 4.69) is 20.5 Å². The maximum atomic E-state index is 13.0. The second-order valence-electron chi connectivity index (χ2n) is 6.56. The van der Waals surface area contributed by atoms with Gasteiger partial charge in [-0.15, -0.1) is 10.2 Å². The maximum Gasteiger partial charge on any atom is 0.417 e. The number of carbonyl (C=O) groups excluding carboxylic acids is 1. The van der Waals surface area contributed by atoms with E-state index in [-0.39, 0.29) is 10.9 Å². The third kappa shape index (κ3) is 4.54. The summed E-state index contributed by atoms with van der Waals surface area (Å²) in [6, 6.07) is 10.8. The Hall–Kier alpha value is -2.98. The minimum absolute atomic E-state index is 0.0146. The highest BCUT2D eigenvalue weighted by atomic mass is 35.5. The number of hydrogen-bond acceptors (Lipinski definition) is 5. The van der Waals surface area contributed by atoms with Gasteiger partial charge in [-0.3, -0.25) is 4.79 Å². The molecule has 0 aliphatic heterocycles. The van der Waals surface area contributed by atoms with Crippen molar-refractivity contribution in [3.8, 4) is 11.5 Å². The number of hydrogen-bond donors (Lipinski definition) is 2. The zero-order chi connectivity index (χ0) is 22.2. The van der Waals surface area contributed by atoms with E-state index in [1.807, 2.05) is 24.3 Å². The van der Waals surface area contributed by atoms with Crippen LogP contribution in [0.1, 0.15) is 12.5 Å². The number of halogens is 4. The van der Waals surface area contributed by atoms with Gasteiger partial charge < -0.3 is 14.7 Å². The highest BCUT2D eigenvalue weighted by molar-refractivity contribution is 8.00. The van der Waals surface area contributed by atoms with E-state index in [0.717, 1.165) is 40.4 Å². The molecule has 0 aliphatic rings. The minimum atomic E-state index is -4.62. The maximum absolute atomic E-state index is 13.0. The Kier molecular flexibility index (Phi) is 5.67. The quantitative estimate of drug-likeness (QED) is 0.352. The molecule has 0 bridgehead atoms. The lowest BCUT2D eigenvalue weighted by molar-refractivity contribution is -0.137. The molecule has 31 heavy (non-hydrogen) atoms. The summed E-state index contributed by atoms with van der Waals surface area (Å²) in [6.07, 6.45) is -2.87. The lowest BCUT2D eigenvalue weighted by Gasteiger charge is -2.13. The van der Waals surface area contributed by atoms with Gasteiger partial charge in [-0.05, 0) is 31.2 Å². The number of H-pyrrole nitrogens is 1. The first kappa shape index (κ1) is 21.3. The summed E-state index contributed by atoms with van der Waals surface area (Å²) in [6.45, 7) is 1.58. The number of aromatic amines is 1. The molecule has 2 heterocycles. The normalized spacial score (nSPS) is 12.8. The summed E-state index contributed by atoms with van der Waals surface area (Å²) < 4.78 is 44.7. The Balaban J connectivity index is 1.46. The zero-order valence-corrected chi connectivity index (χ0v) is 17.4. The second kappa shape index (κ2) is 8.27. The van der Waals surface area contributed by atoms with E-state index in [4.69, 9.17) is 16.0 Å². The number of benzene rings is 2. The van der Waals surface area contributed by atoms with Crippen molar-refractivity contribution in [1.82, 2.24) is 15.2 Å². The molecule has 2 aromatic heterocycles. The summed E-state index contributed by atoms with van der Waals surface area (Å²) in [7, 11) is 0. The molecular weight excluding hydrogens is 453 g/mol. The van der Waals surface area contributed by atoms with Crippen molar-refractivity contribution < 1.29 is 22.4 Å². The average molecular weight is 467 g/mol. The smallest absolute Gasteiger partial charge is 0.411 e. The first-order valence-electron chi connectivity index (χ1n) is 8.96. The van der Waals surface area contributed by atoms with Gasteiger partial charge >= 0.3 is 6.18 Å². The van der Waals surface area contributed by atoms with Crippen molar-refractivity contribution in [2.75, 3.05) is 5.32 Å². The SMILES string of the molecule is CC(Sc1nnc(-c2c[nH]c3ccccc23)o1)C(=O)Nc1ccc(Cl)c(C(F)(F)F)c1. The zero-order valence-electron chi connectivity index (χ0n) is 15.8. The van der Waals surface area contributed by atoms with Crippen LogP contribution in [0.5, 0.6) is 0 Å². The van der Waals surface area contributed by atoms with Gasteiger partial charge in [0.1, 0.15) is 0 Å². The Morgan fingerprint density at radius 2 is 2.00 bits per heavy atom. The Labute approximate surface area is 183 Å². The molecule has 0 radical (unpaired) electrons. The lowest BCUT2D eigenvalue weighted by atomic mass is 10.2. The molecule has 0 spiro atoms. The first-order chi connectivity index (χ1) is 14.7. The third-order valence-electron chi connectivity index (χ3n) is 4.41. The van der Waals surface area contributed by atoms with Crippen LogP contribution in [0, 0.1) is 0 Å². The number of amides is 1. The molecule has 0 fully saturated rings. The van der Waals surface area contributed by atoms with Crippen LogP contribution >= 0.6 is 23.4 Å². The molecular formula is C20H14ClF3N4O2S. The van der Waals surface area contributed by atoms with Crippen molar-refractivity contribution in [2.24, 2.45) is 0 Å². The number of thioether (sulfide) groups is 1. The molecule has 2 aromatic carbocycles. The number of rotatable bonds is 5. The highest BCUT2D eigenvalue weighted by Gasteiger charge is 2.33. The molecule has 0 saturated heterocycles. The molecule has 4 aromatic rings. The lowest BCUT2D eigenvalue weighted by Crippen LogP contribution is -2.22. The predicted molar refractivity (Wildman–Crippen MR) is 112 cm³/mol. The van der Waals surface area contributed by atoms with Gasteiger partial charge in [-0.25, -0.2) is 0 Å². The van der Waals surface area contributed by atoms with E-state index >= 15 is 0 Å². The number of nitrogens with zero attached hydrogens (tertiary/aromatic N) is 2. The number of nitrogens with one attached hydrogen (secondary N) is 2. The highest BCUT2D eigenvalue weighted by Crippen LogP contribution is 2.36. The fraction of sp³-hybridized carbons (Fsp3) is 0.150. The van der Waals surface area contributed by atoms with Crippen molar-refractivity contribution in [1.29, 1.82) is 0 Å². The molecule has 160 valence electrons. The Morgan fingerprint density at radius 1 is 1.23 bits per heavy atom. The van der Waals surface area contributed by atoms with Crippen LogP contribution in [0.2, 0.25) is 5.02 Å². The van der Waals surface area contributed by atoms with Gasteiger partial charge in [0.05, 0.1) is 21.4 Å². The summed E-state index contributed by atoms with van der Waals surface area (Å²) >= 11 is 6.60. The first-order valence-corrected chi connectivity index (χ1v) is 10.2. The molecule has 0 aliphatic carbocycles. The Bertz CT molecular complexity index is 1250. The topological polar surface area (TPSA) is 83.8 Å². The summed E-state index contributed by atoms with van der Waals surface area (Å²) in [4.78, 5) is 15.5. The number of aromatic nitrogens is 3. The average Bonchev–Trinajstić information content (AvgIpc) is 3.35. The molecule has 6 nitrogen and oxygen atoms in total. The molecule has 4 rings (SSSR count). The standard InChI is InChI=1S/C20H14ClF3N4O2S/c1-10(17(29)26-11-6-7-15(21)14(8-11)20(22,23)24)31-19-28-27-18(30-19)13-9-25-16-5-3-2-4-12(13)16/h2-10,25H,1H3,(H,26,29). The van der Waals surface area contributed by atoms with Gasteiger partial charge in [0.2, 0.25) is 5.91 Å². The fourth-order valence-electron chi connectivity index (χ4n) is 2.88. The van der Waals surface area contributed by atoms with Crippen LogP contribution < -0.4 is 5.32 Å². The van der Waals surface area contributed by atoms with Crippen LogP contribution in [0.25, 0.3) is 22.4 Å². The number of fused-ring (bicyclic) bond motifs is 1. The molecule has 1 atom stereocenters. The van der Waals surface area contributed by atoms with Crippen molar-refractivity contribution in [2.45, 2.75) is 23.6 Å². The summed E-state index contributed by atoms with van der Waals surface area (Å²) in [5, 5.41) is 10.4. The summed E-state index contributed by atoms with van der Waals surface area (Å²) in [5.74, 6) is -0.229. The van der Waals surface area contributed by atoms with E-state index in [1.54, 1.807) is 13.1 Å². The monoisotopic (exact) mass is 466 g/mol. The van der Waals surface area contributed by atoms with Gasteiger partial charge in [0.25, 0.3) is 11.1 Å². The van der Waals surface area contributed by atoms with Crippen LogP contribution in [-0.4, -0.2) is 26.3 Å². The number of para-hydroxylation sites is 1. The third-order valence-corrected chi connectivity index (χ3v) is 5.68. The second-order valence-corrected chi connectivity index (χ2v) is 8.26. The van der Waals surface area contributed by atoms with Crippen molar-refractivity contribution in [3.63, 3.8) is 0 Å².